The maximum Gasteiger partial charge on any atom is 0.410 e. The molecule has 1 atom stereocenters. The van der Waals surface area contributed by atoms with Gasteiger partial charge in [-0.05, 0) is 61.1 Å². The van der Waals surface area contributed by atoms with Crippen molar-refractivity contribution >= 4 is 34.6 Å². The molecule has 1 unspecified atom stereocenters. The Balaban J connectivity index is 1.79. The molecule has 3 amide bonds. The Morgan fingerprint density at radius 2 is 1.90 bits per heavy atom. The highest BCUT2D eigenvalue weighted by molar-refractivity contribution is 5.95. The van der Waals surface area contributed by atoms with Crippen LogP contribution < -0.4 is 10.9 Å². The fraction of sp³-hybridized carbons (Fsp3) is 0.414. The van der Waals surface area contributed by atoms with E-state index in [0.29, 0.717) is 29.2 Å². The number of carbonyl (C=O) groups excluding carboxylic acids is 3. The van der Waals surface area contributed by atoms with Crippen molar-refractivity contribution in [2.45, 2.75) is 45.8 Å². The molecule has 0 saturated heterocycles. The number of amides is 3. The number of ether oxygens (including phenoxy) is 1. The lowest BCUT2D eigenvalue weighted by Gasteiger charge is -2.19. The second-order valence-electron chi connectivity index (χ2n) is 10.6. The highest BCUT2D eigenvalue weighted by Crippen LogP contribution is 2.22. The van der Waals surface area contributed by atoms with E-state index in [9.17, 15) is 23.6 Å². The Bertz CT molecular complexity index is 1490. The predicted molar refractivity (Wildman–Crippen MR) is 154 cm³/mol. The summed E-state index contributed by atoms with van der Waals surface area (Å²) in [5.41, 5.74) is 1.47. The number of aromatic nitrogens is 3. The van der Waals surface area contributed by atoms with Gasteiger partial charge < -0.3 is 29.4 Å². The second-order valence-corrected chi connectivity index (χ2v) is 10.6. The minimum atomic E-state index is -1.21. The molecule has 3 aromatic rings. The van der Waals surface area contributed by atoms with E-state index >= 15 is 0 Å². The van der Waals surface area contributed by atoms with Crippen molar-refractivity contribution in [2.24, 2.45) is 5.92 Å². The van der Waals surface area contributed by atoms with E-state index in [1.54, 1.807) is 32.4 Å². The Labute approximate surface area is 238 Å². The fourth-order valence-corrected chi connectivity index (χ4v) is 4.05. The largest absolute Gasteiger partial charge is 0.436 e. The average molecular weight is 569 g/mol. The molecule has 2 N–H and O–H groups in total. The topological polar surface area (TPSA) is 130 Å². The van der Waals surface area contributed by atoms with Gasteiger partial charge in [0.05, 0.1) is 17.6 Å². The van der Waals surface area contributed by atoms with Crippen LogP contribution in [0.4, 0.5) is 14.9 Å². The summed E-state index contributed by atoms with van der Waals surface area (Å²) in [7, 11) is 6.21. The van der Waals surface area contributed by atoms with Crippen LogP contribution in [0.3, 0.4) is 0 Å². The number of anilines is 1. The number of imidazole rings is 1. The molecule has 0 fully saturated rings. The maximum atomic E-state index is 14.2. The SMILES string of the molecule is CC(C)Cc1cc(F)cc2[nH]c(Cn3cccc(NC(=O)C(CC/C=C/C(=O)N(C)C)OC(=O)N(C)C)c3=O)nc12. The Hall–Kier alpha value is -4.48. The number of hydrogen-bond acceptors (Lipinski definition) is 6. The number of benzene rings is 1. The number of fused-ring (bicyclic) bond motifs is 1. The third-order valence-corrected chi connectivity index (χ3v) is 6.10. The number of halogens is 1. The van der Waals surface area contributed by atoms with Crippen molar-refractivity contribution in [3.05, 3.63) is 70.2 Å². The summed E-state index contributed by atoms with van der Waals surface area (Å²) in [6, 6.07) is 5.90. The molecule has 0 aliphatic heterocycles. The summed E-state index contributed by atoms with van der Waals surface area (Å²) < 4.78 is 20.9. The number of hydrogen-bond donors (Lipinski definition) is 2. The van der Waals surface area contributed by atoms with Crippen molar-refractivity contribution in [3.8, 4) is 0 Å². The van der Waals surface area contributed by atoms with Crippen LogP contribution in [-0.4, -0.2) is 76.5 Å². The lowest BCUT2D eigenvalue weighted by Crippen LogP contribution is -2.37. The minimum absolute atomic E-state index is 0.00983. The quantitative estimate of drug-likeness (QED) is 0.341. The van der Waals surface area contributed by atoms with E-state index < -0.39 is 23.7 Å². The van der Waals surface area contributed by atoms with Crippen LogP contribution in [0.5, 0.6) is 0 Å². The first-order chi connectivity index (χ1) is 19.3. The van der Waals surface area contributed by atoms with Crippen LogP contribution in [0.25, 0.3) is 11.0 Å². The lowest BCUT2D eigenvalue weighted by atomic mass is 10.0. The first kappa shape index (κ1) is 31.1. The molecule has 0 radical (unpaired) electrons. The Morgan fingerprint density at radius 3 is 2.56 bits per heavy atom. The van der Waals surface area contributed by atoms with Crippen LogP contribution in [0.15, 0.2) is 47.4 Å². The van der Waals surface area contributed by atoms with Gasteiger partial charge in [0.1, 0.15) is 17.3 Å². The molecular formula is C29H37FN6O5. The fourth-order valence-electron chi connectivity index (χ4n) is 4.05. The smallest absolute Gasteiger partial charge is 0.410 e. The first-order valence-corrected chi connectivity index (χ1v) is 13.3. The van der Waals surface area contributed by atoms with Gasteiger partial charge in [0.25, 0.3) is 11.5 Å². The molecule has 0 bridgehead atoms. The molecule has 220 valence electrons. The van der Waals surface area contributed by atoms with E-state index in [2.05, 4.69) is 15.3 Å². The van der Waals surface area contributed by atoms with Gasteiger partial charge in [-0.1, -0.05) is 19.9 Å². The molecular weight excluding hydrogens is 531 g/mol. The molecule has 0 spiro atoms. The van der Waals surface area contributed by atoms with Crippen molar-refractivity contribution < 1.29 is 23.5 Å². The summed E-state index contributed by atoms with van der Waals surface area (Å²) in [4.78, 5) is 60.6. The number of rotatable bonds is 11. The summed E-state index contributed by atoms with van der Waals surface area (Å²) in [5.74, 6) is -0.500. The number of nitrogens with zero attached hydrogens (tertiary/aromatic N) is 4. The normalized spacial score (nSPS) is 12.1. The van der Waals surface area contributed by atoms with Gasteiger partial charge in [-0.15, -0.1) is 0 Å². The summed E-state index contributed by atoms with van der Waals surface area (Å²) in [6.45, 7) is 4.14. The summed E-state index contributed by atoms with van der Waals surface area (Å²) in [6.07, 6.45) is 3.62. The van der Waals surface area contributed by atoms with Crippen LogP contribution in [-0.2, 0) is 27.3 Å². The van der Waals surface area contributed by atoms with Crippen LogP contribution >= 0.6 is 0 Å². The summed E-state index contributed by atoms with van der Waals surface area (Å²) in [5, 5.41) is 2.57. The van der Waals surface area contributed by atoms with Gasteiger partial charge >= 0.3 is 6.09 Å². The standard InChI is InChI=1S/C29H37FN6O5/c1-18(2)14-19-15-20(30)16-22-26(19)33-24(31-22)17-36-13-9-10-21(28(36)39)32-27(38)23(41-29(40)35(5)6)11-7-8-12-25(37)34(3)4/h8-10,12-13,15-16,18,23H,7,11,14,17H2,1-6H3,(H,31,33)(H,32,38)/b12-8+. The maximum absolute atomic E-state index is 14.2. The highest BCUT2D eigenvalue weighted by atomic mass is 19.1. The van der Waals surface area contributed by atoms with E-state index in [4.69, 9.17) is 4.74 Å². The van der Waals surface area contributed by atoms with E-state index in [-0.39, 0.29) is 36.8 Å². The van der Waals surface area contributed by atoms with Crippen molar-refractivity contribution in [1.29, 1.82) is 0 Å². The van der Waals surface area contributed by atoms with E-state index in [0.717, 1.165) is 5.56 Å². The van der Waals surface area contributed by atoms with Gasteiger partial charge in [0.2, 0.25) is 5.91 Å². The molecule has 0 aliphatic carbocycles. The lowest BCUT2D eigenvalue weighted by molar-refractivity contribution is -0.125. The first-order valence-electron chi connectivity index (χ1n) is 13.3. The molecule has 2 aromatic heterocycles. The molecule has 3 rings (SSSR count). The molecule has 12 heteroatoms. The van der Waals surface area contributed by atoms with Gasteiger partial charge in [0, 0.05) is 34.4 Å². The number of pyridine rings is 1. The van der Waals surface area contributed by atoms with Crippen LogP contribution in [0, 0.1) is 11.7 Å². The van der Waals surface area contributed by atoms with Gasteiger partial charge in [-0.2, -0.15) is 0 Å². The Morgan fingerprint density at radius 1 is 1.17 bits per heavy atom. The number of carbonyl (C=O) groups is 3. The Kier molecular flexibility index (Phi) is 10.4. The molecule has 2 heterocycles. The number of H-pyrrole nitrogens is 1. The van der Waals surface area contributed by atoms with Gasteiger partial charge in [0.15, 0.2) is 6.10 Å². The predicted octanol–water partition coefficient (Wildman–Crippen LogP) is 3.54. The van der Waals surface area contributed by atoms with Crippen molar-refractivity contribution in [2.75, 3.05) is 33.5 Å². The third-order valence-electron chi connectivity index (χ3n) is 6.10. The second kappa shape index (κ2) is 13.7. The zero-order valence-corrected chi connectivity index (χ0v) is 24.2. The van der Waals surface area contributed by atoms with Crippen molar-refractivity contribution in [3.63, 3.8) is 0 Å². The van der Waals surface area contributed by atoms with Gasteiger partial charge in [-0.3, -0.25) is 14.4 Å². The third kappa shape index (κ3) is 8.50. The average Bonchev–Trinajstić information content (AvgIpc) is 3.29. The molecule has 41 heavy (non-hydrogen) atoms. The number of aromatic amines is 1. The number of allylic oxidation sites excluding steroid dienone is 1. The van der Waals surface area contributed by atoms with Crippen LogP contribution in [0.1, 0.15) is 38.1 Å². The van der Waals surface area contributed by atoms with E-state index in [1.807, 2.05) is 13.8 Å². The summed E-state index contributed by atoms with van der Waals surface area (Å²) >= 11 is 0. The zero-order valence-electron chi connectivity index (χ0n) is 24.2. The molecule has 11 nitrogen and oxygen atoms in total. The number of nitrogens with one attached hydrogen (secondary N) is 2. The highest BCUT2D eigenvalue weighted by Gasteiger charge is 2.24. The van der Waals surface area contributed by atoms with Crippen LogP contribution in [0.2, 0.25) is 0 Å². The zero-order chi connectivity index (χ0) is 30.3. The minimum Gasteiger partial charge on any atom is -0.436 e. The monoisotopic (exact) mass is 568 g/mol. The molecule has 0 aliphatic rings. The van der Waals surface area contributed by atoms with Crippen molar-refractivity contribution in [1.82, 2.24) is 24.3 Å². The van der Waals surface area contributed by atoms with E-state index in [1.165, 1.54) is 52.7 Å². The molecule has 0 saturated carbocycles. The van der Waals surface area contributed by atoms with Gasteiger partial charge in [-0.25, -0.2) is 14.2 Å². The number of likely N-dealkylation sites (N-methyl/N-ethyl adjacent to an activating group) is 1. The molecule has 1 aromatic carbocycles.